The number of furan rings is 1. The van der Waals surface area contributed by atoms with Crippen molar-refractivity contribution in [3.8, 4) is 0 Å². The molecule has 1 fully saturated rings. The van der Waals surface area contributed by atoms with E-state index in [1.54, 1.807) is 39.7 Å². The van der Waals surface area contributed by atoms with Gasteiger partial charge in [-0.3, -0.25) is 9.69 Å². The van der Waals surface area contributed by atoms with Gasteiger partial charge in [0.1, 0.15) is 5.00 Å². The molecule has 9 heteroatoms. The van der Waals surface area contributed by atoms with Gasteiger partial charge in [0, 0.05) is 36.6 Å². The van der Waals surface area contributed by atoms with Gasteiger partial charge in [0.05, 0.1) is 18.9 Å². The molecule has 0 aromatic carbocycles. The van der Waals surface area contributed by atoms with Crippen LogP contribution in [0.15, 0.2) is 45.7 Å². The molecule has 170 valence electrons. The monoisotopic (exact) mass is 473 g/mol. The Hall–Kier alpha value is -2.62. The van der Waals surface area contributed by atoms with E-state index in [1.807, 2.05) is 6.92 Å². The van der Waals surface area contributed by atoms with Crippen molar-refractivity contribution >= 4 is 39.7 Å². The van der Waals surface area contributed by atoms with E-state index in [9.17, 15) is 9.59 Å². The van der Waals surface area contributed by atoms with Crippen LogP contribution in [0.4, 0.5) is 9.80 Å². The Kier molecular flexibility index (Phi) is 7.29. The standard InChI is InChI=1S/C23H27N3O4S2/c1-3-17-14-18(22(32-17)24-21(27)19-6-5-12-30-19)20(16-7-13-31-15-16)25-8-10-26(11-9-25)23(28)29-4-2/h5-7,12-15,20H,3-4,8-11H2,1-2H3,(H,24,27)/t20-/m1/s1. The molecule has 0 bridgehead atoms. The molecule has 4 heterocycles. The molecule has 3 aromatic heterocycles. The van der Waals surface area contributed by atoms with Gasteiger partial charge in [0.15, 0.2) is 5.76 Å². The van der Waals surface area contributed by atoms with E-state index in [1.165, 1.54) is 16.7 Å². The predicted molar refractivity (Wildman–Crippen MR) is 127 cm³/mol. The lowest BCUT2D eigenvalue weighted by Gasteiger charge is -2.39. The highest BCUT2D eigenvalue weighted by atomic mass is 32.1. The molecule has 1 saturated heterocycles. The van der Waals surface area contributed by atoms with Crippen LogP contribution < -0.4 is 5.32 Å². The summed E-state index contributed by atoms with van der Waals surface area (Å²) in [4.78, 5) is 30.2. The first-order valence-corrected chi connectivity index (χ1v) is 12.5. The topological polar surface area (TPSA) is 75.0 Å². The summed E-state index contributed by atoms with van der Waals surface area (Å²) in [6.45, 7) is 6.98. The number of hydrogen-bond acceptors (Lipinski definition) is 7. The van der Waals surface area contributed by atoms with Crippen molar-refractivity contribution < 1.29 is 18.7 Å². The average molecular weight is 474 g/mol. The van der Waals surface area contributed by atoms with Crippen LogP contribution in [-0.4, -0.2) is 54.6 Å². The maximum absolute atomic E-state index is 12.7. The predicted octanol–water partition coefficient (Wildman–Crippen LogP) is 5.08. The Balaban J connectivity index is 1.61. The Morgan fingerprint density at radius 3 is 2.66 bits per heavy atom. The van der Waals surface area contributed by atoms with Gasteiger partial charge in [-0.25, -0.2) is 4.79 Å². The summed E-state index contributed by atoms with van der Waals surface area (Å²) in [5.41, 5.74) is 2.27. The normalized spacial score (nSPS) is 15.5. The summed E-state index contributed by atoms with van der Waals surface area (Å²) < 4.78 is 10.4. The second-order valence-corrected chi connectivity index (χ2v) is 9.38. The third-order valence-electron chi connectivity index (χ3n) is 5.49. The highest BCUT2D eigenvalue weighted by Crippen LogP contribution is 2.40. The summed E-state index contributed by atoms with van der Waals surface area (Å²) in [5, 5.41) is 8.14. The summed E-state index contributed by atoms with van der Waals surface area (Å²) in [5.74, 6) is 0.0366. The number of thiophene rings is 2. The number of nitrogens with one attached hydrogen (secondary N) is 1. The first-order chi connectivity index (χ1) is 15.6. The van der Waals surface area contributed by atoms with Crippen molar-refractivity contribution in [2.45, 2.75) is 26.3 Å². The first kappa shape index (κ1) is 22.6. The Bertz CT molecular complexity index is 1020. The van der Waals surface area contributed by atoms with Crippen LogP contribution in [-0.2, 0) is 11.2 Å². The molecule has 7 nitrogen and oxygen atoms in total. The van der Waals surface area contributed by atoms with E-state index in [2.05, 4.69) is 40.0 Å². The van der Waals surface area contributed by atoms with Crippen LogP contribution in [0.3, 0.4) is 0 Å². The highest BCUT2D eigenvalue weighted by Gasteiger charge is 2.31. The zero-order chi connectivity index (χ0) is 22.5. The number of rotatable bonds is 7. The van der Waals surface area contributed by atoms with E-state index in [0.717, 1.165) is 30.1 Å². The number of ether oxygens (including phenoxy) is 1. The Morgan fingerprint density at radius 2 is 2.03 bits per heavy atom. The Morgan fingerprint density at radius 1 is 1.22 bits per heavy atom. The minimum atomic E-state index is -0.255. The molecule has 0 radical (unpaired) electrons. The molecule has 1 N–H and O–H groups in total. The third-order valence-corrected chi connectivity index (χ3v) is 7.40. The first-order valence-electron chi connectivity index (χ1n) is 10.8. The lowest BCUT2D eigenvalue weighted by atomic mass is 10.00. The third kappa shape index (κ3) is 4.90. The largest absolute Gasteiger partial charge is 0.459 e. The minimum Gasteiger partial charge on any atom is -0.459 e. The van der Waals surface area contributed by atoms with Crippen molar-refractivity contribution in [1.29, 1.82) is 0 Å². The van der Waals surface area contributed by atoms with Crippen molar-refractivity contribution in [2.75, 3.05) is 38.1 Å². The van der Waals surface area contributed by atoms with Crippen LogP contribution in [0, 0.1) is 0 Å². The van der Waals surface area contributed by atoms with Gasteiger partial charge >= 0.3 is 6.09 Å². The van der Waals surface area contributed by atoms with Gasteiger partial charge in [-0.1, -0.05) is 6.92 Å². The molecule has 3 aromatic rings. The number of carbonyl (C=O) groups is 2. The maximum atomic E-state index is 12.7. The molecule has 0 unspecified atom stereocenters. The number of hydrogen-bond donors (Lipinski definition) is 1. The van der Waals surface area contributed by atoms with Crippen LogP contribution in [0.5, 0.6) is 0 Å². The molecule has 1 atom stereocenters. The highest BCUT2D eigenvalue weighted by molar-refractivity contribution is 7.16. The minimum absolute atomic E-state index is 0.00551. The maximum Gasteiger partial charge on any atom is 0.409 e. The van der Waals surface area contributed by atoms with Crippen molar-refractivity contribution in [3.63, 3.8) is 0 Å². The van der Waals surface area contributed by atoms with Gasteiger partial charge in [-0.15, -0.1) is 11.3 Å². The fourth-order valence-electron chi connectivity index (χ4n) is 3.90. The summed E-state index contributed by atoms with van der Waals surface area (Å²) in [6, 6.07) is 7.69. The van der Waals surface area contributed by atoms with Crippen molar-refractivity contribution in [1.82, 2.24) is 9.80 Å². The molecule has 4 rings (SSSR count). The quantitative estimate of drug-likeness (QED) is 0.518. The molecule has 0 saturated carbocycles. The smallest absolute Gasteiger partial charge is 0.409 e. The van der Waals surface area contributed by atoms with E-state index in [-0.39, 0.29) is 23.8 Å². The molecule has 2 amide bonds. The summed E-state index contributed by atoms with van der Waals surface area (Å²) in [6.07, 6.45) is 2.13. The second-order valence-electron chi connectivity index (χ2n) is 7.46. The molecule has 1 aliphatic rings. The van der Waals surface area contributed by atoms with E-state index >= 15 is 0 Å². The fraction of sp³-hybridized carbons (Fsp3) is 0.391. The number of anilines is 1. The second kappa shape index (κ2) is 10.3. The van der Waals surface area contributed by atoms with E-state index in [4.69, 9.17) is 9.15 Å². The van der Waals surface area contributed by atoms with Crippen LogP contribution >= 0.6 is 22.7 Å². The molecular formula is C23H27N3O4S2. The number of amides is 2. The van der Waals surface area contributed by atoms with Crippen LogP contribution in [0.1, 0.15) is 46.4 Å². The van der Waals surface area contributed by atoms with Gasteiger partial charge in [-0.2, -0.15) is 11.3 Å². The van der Waals surface area contributed by atoms with Crippen molar-refractivity contribution in [3.05, 3.63) is 63.1 Å². The van der Waals surface area contributed by atoms with Gasteiger partial charge < -0.3 is 19.4 Å². The van der Waals surface area contributed by atoms with E-state index in [0.29, 0.717) is 19.7 Å². The van der Waals surface area contributed by atoms with Gasteiger partial charge in [0.2, 0.25) is 0 Å². The van der Waals surface area contributed by atoms with E-state index < -0.39 is 0 Å². The summed E-state index contributed by atoms with van der Waals surface area (Å²) in [7, 11) is 0. The average Bonchev–Trinajstić information content (AvgIpc) is 3.58. The number of aryl methyl sites for hydroxylation is 1. The lowest BCUT2D eigenvalue weighted by Crippen LogP contribution is -2.50. The number of carbonyl (C=O) groups excluding carboxylic acids is 2. The fourth-order valence-corrected chi connectivity index (χ4v) is 5.60. The molecule has 0 aliphatic carbocycles. The molecule has 0 spiro atoms. The number of nitrogens with zero attached hydrogens (tertiary/aromatic N) is 2. The van der Waals surface area contributed by atoms with Gasteiger partial charge in [-0.05, 0) is 53.9 Å². The zero-order valence-electron chi connectivity index (χ0n) is 18.2. The van der Waals surface area contributed by atoms with Crippen LogP contribution in [0.2, 0.25) is 0 Å². The lowest BCUT2D eigenvalue weighted by molar-refractivity contribution is 0.0716. The molecule has 32 heavy (non-hydrogen) atoms. The number of piperazine rings is 1. The van der Waals surface area contributed by atoms with Gasteiger partial charge in [0.25, 0.3) is 5.91 Å². The Labute approximate surface area is 195 Å². The summed E-state index contributed by atoms with van der Waals surface area (Å²) >= 11 is 3.26. The zero-order valence-corrected chi connectivity index (χ0v) is 19.8. The van der Waals surface area contributed by atoms with Crippen molar-refractivity contribution in [2.24, 2.45) is 0 Å². The molecular weight excluding hydrogens is 446 g/mol. The SMILES string of the molecule is CCOC(=O)N1CCN([C@H](c2ccsc2)c2cc(CC)sc2NC(=O)c2ccco2)CC1. The molecule has 1 aliphatic heterocycles. The van der Waals surface area contributed by atoms with Crippen LogP contribution in [0.25, 0.3) is 0 Å².